The van der Waals surface area contributed by atoms with Crippen molar-refractivity contribution in [1.29, 1.82) is 0 Å². The lowest BCUT2D eigenvalue weighted by atomic mass is 9.87. The summed E-state index contributed by atoms with van der Waals surface area (Å²) < 4.78 is 0. The van der Waals surface area contributed by atoms with Gasteiger partial charge in [0.1, 0.15) is 0 Å². The molecule has 3 aromatic rings. The molecule has 0 aliphatic carbocycles. The van der Waals surface area contributed by atoms with Crippen molar-refractivity contribution in [1.82, 2.24) is 10.3 Å². The molecule has 1 atom stereocenters. The van der Waals surface area contributed by atoms with E-state index in [-0.39, 0.29) is 23.9 Å². The zero-order chi connectivity index (χ0) is 19.2. The lowest BCUT2D eigenvalue weighted by Crippen LogP contribution is -2.26. The van der Waals surface area contributed by atoms with Crippen LogP contribution in [0.15, 0.2) is 54.7 Å². The van der Waals surface area contributed by atoms with E-state index in [1.54, 1.807) is 12.1 Å². The third kappa shape index (κ3) is 4.34. The van der Waals surface area contributed by atoms with Crippen LogP contribution in [-0.4, -0.2) is 22.4 Å². The number of amides is 1. The molecule has 1 aromatic heterocycles. The van der Waals surface area contributed by atoms with E-state index in [0.29, 0.717) is 6.54 Å². The van der Waals surface area contributed by atoms with Gasteiger partial charge < -0.3 is 10.3 Å². The number of aromatic nitrogens is 1. The molecule has 2 aromatic carbocycles. The molecule has 0 saturated heterocycles. The first-order valence-corrected chi connectivity index (χ1v) is 9.17. The average molecular weight is 365 g/mol. The van der Waals surface area contributed by atoms with E-state index in [9.17, 15) is 14.9 Å². The quantitative estimate of drug-likeness (QED) is 0.350. The highest BCUT2D eigenvalue weighted by molar-refractivity contribution is 5.86. The van der Waals surface area contributed by atoms with Crippen LogP contribution in [0.4, 0.5) is 5.69 Å². The van der Waals surface area contributed by atoms with Crippen LogP contribution in [0.2, 0.25) is 0 Å². The van der Waals surface area contributed by atoms with Crippen LogP contribution >= 0.6 is 0 Å². The highest BCUT2D eigenvalue weighted by atomic mass is 16.6. The maximum absolute atomic E-state index is 12.5. The molecule has 0 fully saturated rings. The lowest BCUT2D eigenvalue weighted by molar-refractivity contribution is -0.384. The largest absolute Gasteiger partial charge is 0.361 e. The minimum Gasteiger partial charge on any atom is -0.361 e. The Morgan fingerprint density at radius 2 is 2.04 bits per heavy atom. The molecule has 0 spiro atoms. The van der Waals surface area contributed by atoms with Gasteiger partial charge in [0.25, 0.3) is 5.69 Å². The van der Waals surface area contributed by atoms with Gasteiger partial charge in [0, 0.05) is 48.1 Å². The Labute approximate surface area is 157 Å². The maximum atomic E-state index is 12.5. The average Bonchev–Trinajstić information content (AvgIpc) is 3.10. The minimum atomic E-state index is -0.406. The number of benzene rings is 2. The van der Waals surface area contributed by atoms with Gasteiger partial charge in [0.2, 0.25) is 5.91 Å². The third-order valence-electron chi connectivity index (χ3n) is 4.72. The molecule has 6 heteroatoms. The van der Waals surface area contributed by atoms with Gasteiger partial charge in [-0.2, -0.15) is 0 Å². The van der Waals surface area contributed by atoms with Crippen molar-refractivity contribution in [3.8, 4) is 0 Å². The molecule has 2 N–H and O–H groups in total. The van der Waals surface area contributed by atoms with Gasteiger partial charge in [-0.05, 0) is 23.6 Å². The summed E-state index contributed by atoms with van der Waals surface area (Å²) in [5.41, 5.74) is 2.74. The van der Waals surface area contributed by atoms with Gasteiger partial charge in [-0.15, -0.1) is 0 Å². The van der Waals surface area contributed by atoms with E-state index >= 15 is 0 Å². The predicted molar refractivity (Wildman–Crippen MR) is 106 cm³/mol. The Hall–Kier alpha value is -3.15. The summed E-state index contributed by atoms with van der Waals surface area (Å²) in [7, 11) is 0. The van der Waals surface area contributed by atoms with E-state index in [0.717, 1.165) is 34.9 Å². The zero-order valence-corrected chi connectivity index (χ0v) is 15.3. The molecular formula is C21H23N3O3. The number of hydrogen-bond acceptors (Lipinski definition) is 3. The summed E-state index contributed by atoms with van der Waals surface area (Å²) in [4.78, 5) is 26.5. The van der Waals surface area contributed by atoms with Crippen LogP contribution in [0.5, 0.6) is 0 Å². The second kappa shape index (κ2) is 8.49. The van der Waals surface area contributed by atoms with Crippen molar-refractivity contribution >= 4 is 22.5 Å². The summed E-state index contributed by atoms with van der Waals surface area (Å²) in [6.07, 6.45) is 4.08. The molecule has 3 rings (SSSR count). The van der Waals surface area contributed by atoms with Gasteiger partial charge in [0.05, 0.1) is 4.92 Å². The van der Waals surface area contributed by atoms with Crippen LogP contribution in [0.25, 0.3) is 10.9 Å². The summed E-state index contributed by atoms with van der Waals surface area (Å²) in [6, 6.07) is 14.4. The maximum Gasteiger partial charge on any atom is 0.269 e. The topological polar surface area (TPSA) is 88.0 Å². The van der Waals surface area contributed by atoms with E-state index in [1.165, 1.54) is 6.07 Å². The first-order chi connectivity index (χ1) is 13.1. The first-order valence-electron chi connectivity index (χ1n) is 9.17. The van der Waals surface area contributed by atoms with Gasteiger partial charge in [-0.1, -0.05) is 43.7 Å². The number of rotatable bonds is 8. The highest BCUT2D eigenvalue weighted by Crippen LogP contribution is 2.34. The van der Waals surface area contributed by atoms with Crippen LogP contribution in [0.1, 0.15) is 43.2 Å². The smallest absolute Gasteiger partial charge is 0.269 e. The second-order valence-electron chi connectivity index (χ2n) is 6.60. The van der Waals surface area contributed by atoms with E-state index in [4.69, 9.17) is 0 Å². The third-order valence-corrected chi connectivity index (χ3v) is 4.72. The van der Waals surface area contributed by atoms with Gasteiger partial charge in [-0.25, -0.2) is 0 Å². The van der Waals surface area contributed by atoms with E-state index in [2.05, 4.69) is 17.2 Å². The minimum absolute atomic E-state index is 0.0312. The molecule has 1 amide bonds. The normalized spacial score (nSPS) is 12.0. The van der Waals surface area contributed by atoms with Crippen molar-refractivity contribution in [3.63, 3.8) is 0 Å². The van der Waals surface area contributed by atoms with E-state index in [1.807, 2.05) is 36.5 Å². The number of nitrogens with one attached hydrogen (secondary N) is 2. The Kier molecular flexibility index (Phi) is 5.86. The molecule has 27 heavy (non-hydrogen) atoms. The first kappa shape index (κ1) is 18.6. The predicted octanol–water partition coefficient (Wildman–Crippen LogP) is 4.51. The van der Waals surface area contributed by atoms with Crippen LogP contribution in [-0.2, 0) is 4.79 Å². The van der Waals surface area contributed by atoms with Gasteiger partial charge in [0.15, 0.2) is 0 Å². The zero-order valence-electron chi connectivity index (χ0n) is 15.3. The lowest BCUT2D eigenvalue weighted by Gasteiger charge is -2.17. The van der Waals surface area contributed by atoms with Gasteiger partial charge in [-0.3, -0.25) is 14.9 Å². The molecule has 0 unspecified atom stereocenters. The molecule has 0 aliphatic heterocycles. The molecular weight excluding hydrogens is 342 g/mol. The highest BCUT2D eigenvalue weighted by Gasteiger charge is 2.23. The molecule has 6 nitrogen and oxygen atoms in total. The van der Waals surface area contributed by atoms with Crippen LogP contribution in [0.3, 0.4) is 0 Å². The van der Waals surface area contributed by atoms with Crippen molar-refractivity contribution in [2.75, 3.05) is 6.54 Å². The van der Waals surface area contributed by atoms with E-state index < -0.39 is 4.92 Å². The number of unbranched alkanes of at least 4 members (excludes halogenated alkanes) is 1. The van der Waals surface area contributed by atoms with Crippen LogP contribution < -0.4 is 5.32 Å². The van der Waals surface area contributed by atoms with Crippen LogP contribution in [0, 0.1) is 10.1 Å². The standard InChI is InChI=1S/C21H23N3O3/c1-2-3-11-22-21(25)13-18(15-7-6-8-16(12-15)24(26)27)19-14-23-20-10-5-4-9-17(19)20/h4-10,12,14,18,23H,2-3,11,13H2,1H3,(H,22,25)/t18-/m0/s1. The van der Waals surface area contributed by atoms with Gasteiger partial charge >= 0.3 is 0 Å². The monoisotopic (exact) mass is 365 g/mol. The molecule has 0 saturated carbocycles. The summed E-state index contributed by atoms with van der Waals surface area (Å²) >= 11 is 0. The molecule has 140 valence electrons. The number of carbonyl (C=O) groups is 1. The SMILES string of the molecule is CCCCNC(=O)C[C@@H](c1cccc([N+](=O)[O-])c1)c1c[nH]c2ccccc12. The number of nitro benzene ring substituents is 1. The fourth-order valence-corrected chi connectivity index (χ4v) is 3.31. The molecule has 0 bridgehead atoms. The number of nitro groups is 1. The van der Waals surface area contributed by atoms with Crippen molar-refractivity contribution in [2.45, 2.75) is 32.1 Å². The fraction of sp³-hybridized carbons (Fsp3) is 0.286. The number of para-hydroxylation sites is 1. The number of aromatic amines is 1. The Morgan fingerprint density at radius 1 is 1.22 bits per heavy atom. The number of carbonyl (C=O) groups excluding carboxylic acids is 1. The number of non-ortho nitro benzene ring substituents is 1. The summed E-state index contributed by atoms with van der Waals surface area (Å²) in [5, 5.41) is 15.2. The second-order valence-corrected chi connectivity index (χ2v) is 6.60. The number of fused-ring (bicyclic) bond motifs is 1. The molecule has 1 heterocycles. The number of H-pyrrole nitrogens is 1. The Bertz CT molecular complexity index is 949. The summed E-state index contributed by atoms with van der Waals surface area (Å²) in [5.74, 6) is -0.312. The van der Waals surface area contributed by atoms with Crippen molar-refractivity contribution < 1.29 is 9.72 Å². The molecule has 0 aliphatic rings. The Morgan fingerprint density at radius 3 is 2.81 bits per heavy atom. The number of hydrogen-bond donors (Lipinski definition) is 2. The van der Waals surface area contributed by atoms with Crippen molar-refractivity contribution in [3.05, 3.63) is 76.0 Å². The number of nitrogens with zero attached hydrogens (tertiary/aromatic N) is 1. The van der Waals surface area contributed by atoms with Crippen molar-refractivity contribution in [2.24, 2.45) is 0 Å². The summed E-state index contributed by atoms with van der Waals surface area (Å²) in [6.45, 7) is 2.72. The Balaban J connectivity index is 1.97. The fourth-order valence-electron chi connectivity index (χ4n) is 3.31. The molecule has 0 radical (unpaired) electrons.